The lowest BCUT2D eigenvalue weighted by atomic mass is 10.1. The molecule has 1 aliphatic heterocycles. The van der Waals surface area contributed by atoms with Crippen molar-refractivity contribution < 1.29 is 9.90 Å². The standard InChI is InChI=1S/C13H15N5O2/c1-8-16-17-11-5-9(7-18(8)11)6-15-13(20)12-10(19)3-2-4-14-12/h2-4,9,19H,5-7H2,1H3,(H,15,20). The Morgan fingerprint density at radius 1 is 1.55 bits per heavy atom. The second-order valence-electron chi connectivity index (χ2n) is 4.93. The molecule has 0 saturated heterocycles. The number of carbonyl (C=O) groups excluding carboxylic acids is 1. The molecular weight excluding hydrogens is 258 g/mol. The fraction of sp³-hybridized carbons (Fsp3) is 0.385. The number of hydrogen-bond acceptors (Lipinski definition) is 5. The average molecular weight is 273 g/mol. The predicted octanol–water partition coefficient (Wildman–Crippen LogP) is 0.289. The van der Waals surface area contributed by atoms with Crippen LogP contribution in [0.4, 0.5) is 0 Å². The molecule has 7 nitrogen and oxygen atoms in total. The molecular formula is C13H15N5O2. The summed E-state index contributed by atoms with van der Waals surface area (Å²) in [5, 5.41) is 20.5. The molecule has 0 bridgehead atoms. The summed E-state index contributed by atoms with van der Waals surface area (Å²) in [6, 6.07) is 3.03. The Labute approximate surface area is 115 Å². The lowest BCUT2D eigenvalue weighted by Crippen LogP contribution is -2.30. The summed E-state index contributed by atoms with van der Waals surface area (Å²) >= 11 is 0. The lowest BCUT2D eigenvalue weighted by Gasteiger charge is -2.11. The van der Waals surface area contributed by atoms with Gasteiger partial charge in [-0.3, -0.25) is 4.79 Å². The lowest BCUT2D eigenvalue weighted by molar-refractivity contribution is 0.0939. The zero-order chi connectivity index (χ0) is 14.1. The molecule has 7 heteroatoms. The minimum Gasteiger partial charge on any atom is -0.505 e. The van der Waals surface area contributed by atoms with Crippen molar-refractivity contribution in [2.45, 2.75) is 19.9 Å². The van der Waals surface area contributed by atoms with Gasteiger partial charge in [0.15, 0.2) is 5.69 Å². The van der Waals surface area contributed by atoms with Gasteiger partial charge in [-0.15, -0.1) is 10.2 Å². The third kappa shape index (κ3) is 2.22. The van der Waals surface area contributed by atoms with E-state index in [1.165, 1.54) is 12.3 Å². The van der Waals surface area contributed by atoms with Crippen molar-refractivity contribution in [3.05, 3.63) is 35.7 Å². The van der Waals surface area contributed by atoms with E-state index in [9.17, 15) is 9.90 Å². The summed E-state index contributed by atoms with van der Waals surface area (Å²) < 4.78 is 2.06. The van der Waals surface area contributed by atoms with E-state index in [1.54, 1.807) is 6.07 Å². The average Bonchev–Trinajstić information content (AvgIpc) is 2.99. The van der Waals surface area contributed by atoms with Crippen molar-refractivity contribution in [1.82, 2.24) is 25.1 Å². The number of fused-ring (bicyclic) bond motifs is 1. The number of pyridine rings is 1. The highest BCUT2D eigenvalue weighted by molar-refractivity contribution is 5.94. The first-order chi connectivity index (χ1) is 9.65. The van der Waals surface area contributed by atoms with E-state index in [1.807, 2.05) is 6.92 Å². The first kappa shape index (κ1) is 12.6. The number of aryl methyl sites for hydroxylation is 1. The van der Waals surface area contributed by atoms with Crippen molar-refractivity contribution >= 4 is 5.91 Å². The first-order valence-corrected chi connectivity index (χ1v) is 6.46. The third-order valence-electron chi connectivity index (χ3n) is 3.48. The van der Waals surface area contributed by atoms with Gasteiger partial charge in [0.25, 0.3) is 5.91 Å². The van der Waals surface area contributed by atoms with Crippen LogP contribution < -0.4 is 5.32 Å². The highest BCUT2D eigenvalue weighted by atomic mass is 16.3. The van der Waals surface area contributed by atoms with Gasteiger partial charge in [0.05, 0.1) is 0 Å². The van der Waals surface area contributed by atoms with Gasteiger partial charge in [-0.05, 0) is 19.1 Å². The maximum atomic E-state index is 11.9. The Morgan fingerprint density at radius 3 is 3.15 bits per heavy atom. The maximum absolute atomic E-state index is 11.9. The Bertz CT molecular complexity index is 652. The van der Waals surface area contributed by atoms with E-state index >= 15 is 0 Å². The zero-order valence-corrected chi connectivity index (χ0v) is 11.1. The van der Waals surface area contributed by atoms with Gasteiger partial charge in [0.2, 0.25) is 0 Å². The van der Waals surface area contributed by atoms with Crippen LogP contribution in [0.2, 0.25) is 0 Å². The van der Waals surface area contributed by atoms with Crippen LogP contribution in [0.25, 0.3) is 0 Å². The van der Waals surface area contributed by atoms with Crippen molar-refractivity contribution in [2.24, 2.45) is 5.92 Å². The van der Waals surface area contributed by atoms with Crippen LogP contribution in [0.3, 0.4) is 0 Å². The zero-order valence-electron chi connectivity index (χ0n) is 11.1. The monoisotopic (exact) mass is 273 g/mol. The van der Waals surface area contributed by atoms with E-state index in [-0.39, 0.29) is 17.4 Å². The van der Waals surface area contributed by atoms with E-state index in [4.69, 9.17) is 0 Å². The van der Waals surface area contributed by atoms with Crippen molar-refractivity contribution in [3.8, 4) is 5.75 Å². The summed E-state index contributed by atoms with van der Waals surface area (Å²) in [6.07, 6.45) is 2.28. The second kappa shape index (κ2) is 4.92. The SMILES string of the molecule is Cc1nnc2n1CC(CNC(=O)c1ncccc1O)C2. The van der Waals surface area contributed by atoms with Crippen LogP contribution in [0.1, 0.15) is 22.1 Å². The normalized spacial score (nSPS) is 16.9. The summed E-state index contributed by atoms with van der Waals surface area (Å²) in [4.78, 5) is 15.8. The number of carbonyl (C=O) groups is 1. The summed E-state index contributed by atoms with van der Waals surface area (Å²) in [6.45, 7) is 3.25. The largest absolute Gasteiger partial charge is 0.505 e. The van der Waals surface area contributed by atoms with Crippen LogP contribution in [-0.4, -0.2) is 37.3 Å². The van der Waals surface area contributed by atoms with Gasteiger partial charge in [-0.1, -0.05) is 0 Å². The first-order valence-electron chi connectivity index (χ1n) is 6.46. The van der Waals surface area contributed by atoms with Crippen LogP contribution in [-0.2, 0) is 13.0 Å². The van der Waals surface area contributed by atoms with E-state index in [0.717, 1.165) is 24.6 Å². The highest BCUT2D eigenvalue weighted by Gasteiger charge is 2.25. The highest BCUT2D eigenvalue weighted by Crippen LogP contribution is 2.19. The number of aromatic nitrogens is 4. The summed E-state index contributed by atoms with van der Waals surface area (Å²) in [5.74, 6) is 1.69. The predicted molar refractivity (Wildman–Crippen MR) is 70.2 cm³/mol. The topological polar surface area (TPSA) is 92.9 Å². The fourth-order valence-electron chi connectivity index (χ4n) is 2.42. The molecule has 20 heavy (non-hydrogen) atoms. The Kier molecular flexibility index (Phi) is 3.09. The van der Waals surface area contributed by atoms with E-state index < -0.39 is 0 Å². The molecule has 0 spiro atoms. The van der Waals surface area contributed by atoms with Crippen LogP contribution >= 0.6 is 0 Å². The Morgan fingerprint density at radius 2 is 2.40 bits per heavy atom. The molecule has 0 aromatic carbocycles. The van der Waals surface area contributed by atoms with Gasteiger partial charge < -0.3 is 15.0 Å². The number of rotatable bonds is 3. The molecule has 3 heterocycles. The van der Waals surface area contributed by atoms with Gasteiger partial charge in [-0.25, -0.2) is 4.98 Å². The van der Waals surface area contributed by atoms with E-state index in [0.29, 0.717) is 12.5 Å². The molecule has 3 rings (SSSR count). The van der Waals surface area contributed by atoms with E-state index in [2.05, 4.69) is 25.1 Å². The molecule has 2 aromatic heterocycles. The fourth-order valence-corrected chi connectivity index (χ4v) is 2.42. The maximum Gasteiger partial charge on any atom is 0.273 e. The molecule has 0 radical (unpaired) electrons. The molecule has 1 unspecified atom stereocenters. The van der Waals surface area contributed by atoms with Crippen LogP contribution in [0, 0.1) is 12.8 Å². The molecule has 1 atom stereocenters. The van der Waals surface area contributed by atoms with Gasteiger partial charge >= 0.3 is 0 Å². The second-order valence-corrected chi connectivity index (χ2v) is 4.93. The number of nitrogens with zero attached hydrogens (tertiary/aromatic N) is 4. The Balaban J connectivity index is 1.59. The quantitative estimate of drug-likeness (QED) is 0.838. The number of hydrogen-bond donors (Lipinski definition) is 2. The molecule has 1 amide bonds. The molecule has 2 N–H and O–H groups in total. The molecule has 0 fully saturated rings. The van der Waals surface area contributed by atoms with Crippen molar-refractivity contribution in [3.63, 3.8) is 0 Å². The molecule has 2 aromatic rings. The van der Waals surface area contributed by atoms with Crippen molar-refractivity contribution in [2.75, 3.05) is 6.54 Å². The summed E-state index contributed by atoms with van der Waals surface area (Å²) in [7, 11) is 0. The molecule has 104 valence electrons. The van der Waals surface area contributed by atoms with Gasteiger partial charge in [-0.2, -0.15) is 0 Å². The molecule has 1 aliphatic rings. The van der Waals surface area contributed by atoms with Crippen LogP contribution in [0.15, 0.2) is 18.3 Å². The smallest absolute Gasteiger partial charge is 0.273 e. The minimum atomic E-state index is -0.359. The number of aromatic hydroxyl groups is 1. The summed E-state index contributed by atoms with van der Waals surface area (Å²) in [5.41, 5.74) is 0.0566. The molecule has 0 saturated carbocycles. The number of amides is 1. The van der Waals surface area contributed by atoms with Gasteiger partial charge in [0.1, 0.15) is 17.4 Å². The Hall–Kier alpha value is -2.44. The minimum absolute atomic E-state index is 0.0566. The third-order valence-corrected chi connectivity index (χ3v) is 3.48. The molecule has 0 aliphatic carbocycles. The van der Waals surface area contributed by atoms with Gasteiger partial charge in [0, 0.05) is 31.6 Å². The van der Waals surface area contributed by atoms with Crippen LogP contribution in [0.5, 0.6) is 5.75 Å². The van der Waals surface area contributed by atoms with Crippen molar-refractivity contribution in [1.29, 1.82) is 0 Å². The number of nitrogens with one attached hydrogen (secondary N) is 1.